The van der Waals surface area contributed by atoms with Crippen LogP contribution in [0.5, 0.6) is 0 Å². The summed E-state index contributed by atoms with van der Waals surface area (Å²) in [5.41, 5.74) is 0. The van der Waals surface area contributed by atoms with Crippen molar-refractivity contribution < 1.29 is 9.90 Å². The Balaban J connectivity index is 1.58. The van der Waals surface area contributed by atoms with Crippen molar-refractivity contribution in [2.75, 3.05) is 6.61 Å². The molecule has 3 N–H and O–H groups in total. The van der Waals surface area contributed by atoms with E-state index in [4.69, 9.17) is 0 Å². The van der Waals surface area contributed by atoms with Gasteiger partial charge in [0.2, 0.25) is 0 Å². The summed E-state index contributed by atoms with van der Waals surface area (Å²) >= 11 is 0. The number of carbonyl (C=O) groups is 1. The lowest BCUT2D eigenvalue weighted by Crippen LogP contribution is -2.49. The van der Waals surface area contributed by atoms with Gasteiger partial charge in [0.05, 0.1) is 0 Å². The van der Waals surface area contributed by atoms with E-state index in [-0.39, 0.29) is 18.7 Å². The van der Waals surface area contributed by atoms with E-state index in [0.717, 1.165) is 12.8 Å². The van der Waals surface area contributed by atoms with E-state index < -0.39 is 0 Å². The second kappa shape index (κ2) is 3.91. The minimum atomic E-state index is -0.0292. The minimum absolute atomic E-state index is 0.0292. The number of rotatable bonds is 3. The number of urea groups is 1. The minimum Gasteiger partial charge on any atom is -0.396 e. The van der Waals surface area contributed by atoms with Gasteiger partial charge in [0, 0.05) is 24.6 Å². The topological polar surface area (TPSA) is 61.4 Å². The summed E-state index contributed by atoms with van der Waals surface area (Å²) in [6, 6.07) is 0.590. The zero-order chi connectivity index (χ0) is 11.1. The number of aliphatic hydroxyl groups is 1. The van der Waals surface area contributed by atoms with Crippen LogP contribution in [0.25, 0.3) is 0 Å². The molecule has 2 amide bonds. The predicted molar refractivity (Wildman–Crippen MR) is 59.9 cm³/mol. The van der Waals surface area contributed by atoms with E-state index in [9.17, 15) is 9.90 Å². The van der Waals surface area contributed by atoms with Crippen LogP contribution in [0.1, 0.15) is 32.1 Å². The van der Waals surface area contributed by atoms with Gasteiger partial charge in [-0.1, -0.05) is 0 Å². The van der Waals surface area contributed by atoms with Crippen LogP contribution in [0, 0.1) is 17.8 Å². The van der Waals surface area contributed by atoms with Crippen molar-refractivity contribution in [2.24, 2.45) is 17.8 Å². The molecule has 3 aliphatic carbocycles. The van der Waals surface area contributed by atoms with E-state index in [1.807, 2.05) is 0 Å². The maximum atomic E-state index is 11.7. The zero-order valence-corrected chi connectivity index (χ0v) is 9.48. The summed E-state index contributed by atoms with van der Waals surface area (Å²) in [6.45, 7) is 0.218. The SMILES string of the molecule is O=C(NC1CC1)N[C@@H]1[C@@H]2CC[C@H](C2)[C@@H]1CO. The van der Waals surface area contributed by atoms with Gasteiger partial charge in [-0.15, -0.1) is 0 Å². The van der Waals surface area contributed by atoms with Gasteiger partial charge in [0.15, 0.2) is 0 Å². The van der Waals surface area contributed by atoms with Gasteiger partial charge in [-0.2, -0.15) is 0 Å². The number of hydrogen-bond acceptors (Lipinski definition) is 2. The van der Waals surface area contributed by atoms with Gasteiger partial charge in [0.25, 0.3) is 0 Å². The summed E-state index contributed by atoms with van der Waals surface area (Å²) in [6.07, 6.45) is 5.88. The van der Waals surface area contributed by atoms with Crippen LogP contribution in [0.15, 0.2) is 0 Å². The first kappa shape index (κ1) is 10.4. The maximum absolute atomic E-state index is 11.7. The Labute approximate surface area is 95.8 Å². The molecule has 0 unspecified atom stereocenters. The Kier molecular flexibility index (Phi) is 2.54. The van der Waals surface area contributed by atoms with Crippen molar-refractivity contribution in [1.82, 2.24) is 10.6 Å². The van der Waals surface area contributed by atoms with Crippen molar-refractivity contribution in [3.05, 3.63) is 0 Å². The molecule has 0 aromatic heterocycles. The molecule has 2 bridgehead atoms. The fourth-order valence-electron chi connectivity index (χ4n) is 3.50. The Hall–Kier alpha value is -0.770. The average Bonchev–Trinajstić information content (AvgIpc) is 2.86. The lowest BCUT2D eigenvalue weighted by atomic mass is 9.85. The van der Waals surface area contributed by atoms with E-state index in [1.54, 1.807) is 0 Å². The van der Waals surface area contributed by atoms with Crippen LogP contribution in [0.3, 0.4) is 0 Å². The van der Waals surface area contributed by atoms with Crippen molar-refractivity contribution >= 4 is 6.03 Å². The van der Waals surface area contributed by atoms with Crippen LogP contribution >= 0.6 is 0 Å². The molecule has 0 saturated heterocycles. The quantitative estimate of drug-likeness (QED) is 0.665. The molecule has 3 aliphatic rings. The van der Waals surface area contributed by atoms with Crippen LogP contribution in [-0.2, 0) is 0 Å². The molecule has 0 aromatic rings. The molecule has 0 radical (unpaired) electrons. The molecule has 4 atom stereocenters. The molecule has 16 heavy (non-hydrogen) atoms. The molecule has 0 spiro atoms. The molecular weight excluding hydrogens is 204 g/mol. The Morgan fingerprint density at radius 2 is 1.88 bits per heavy atom. The third kappa shape index (κ3) is 1.79. The number of aliphatic hydroxyl groups excluding tert-OH is 1. The second-order valence-corrected chi connectivity index (χ2v) is 5.60. The summed E-state index contributed by atoms with van der Waals surface area (Å²) in [5.74, 6) is 1.54. The highest BCUT2D eigenvalue weighted by Gasteiger charge is 2.47. The molecule has 90 valence electrons. The standard InChI is InChI=1S/C12H20N2O2/c15-6-10-7-1-2-8(5-7)11(10)14-12(16)13-9-3-4-9/h7-11,15H,1-6H2,(H2,13,14,16)/t7-,8-,10+,11-/m1/s1. The predicted octanol–water partition coefficient (Wildman–Crippen LogP) is 0.855. The van der Waals surface area contributed by atoms with E-state index >= 15 is 0 Å². The molecule has 3 rings (SSSR count). The third-order valence-corrected chi connectivity index (χ3v) is 4.51. The van der Waals surface area contributed by atoms with Gasteiger partial charge in [-0.3, -0.25) is 0 Å². The molecular formula is C12H20N2O2. The summed E-state index contributed by atoms with van der Waals surface area (Å²) in [5, 5.41) is 15.4. The van der Waals surface area contributed by atoms with Crippen molar-refractivity contribution in [3.8, 4) is 0 Å². The first-order valence-corrected chi connectivity index (χ1v) is 6.46. The lowest BCUT2D eigenvalue weighted by molar-refractivity contribution is 0.144. The zero-order valence-electron chi connectivity index (χ0n) is 9.48. The van der Waals surface area contributed by atoms with Gasteiger partial charge < -0.3 is 15.7 Å². The summed E-state index contributed by atoms with van der Waals surface area (Å²) in [7, 11) is 0. The Morgan fingerprint density at radius 1 is 1.12 bits per heavy atom. The molecule has 3 fully saturated rings. The normalized spacial score (nSPS) is 41.1. The Morgan fingerprint density at radius 3 is 2.56 bits per heavy atom. The number of carbonyl (C=O) groups excluding carboxylic acids is 1. The fourth-order valence-corrected chi connectivity index (χ4v) is 3.50. The van der Waals surface area contributed by atoms with Gasteiger partial charge >= 0.3 is 6.03 Å². The van der Waals surface area contributed by atoms with Gasteiger partial charge in [0.1, 0.15) is 0 Å². The van der Waals surface area contributed by atoms with Gasteiger partial charge in [-0.25, -0.2) is 4.79 Å². The molecule has 3 saturated carbocycles. The average molecular weight is 224 g/mol. The number of hydrogen-bond donors (Lipinski definition) is 3. The largest absolute Gasteiger partial charge is 0.396 e. The van der Waals surface area contributed by atoms with Gasteiger partial charge in [-0.05, 0) is 43.9 Å². The molecule has 4 nitrogen and oxygen atoms in total. The number of fused-ring (bicyclic) bond motifs is 2. The smallest absolute Gasteiger partial charge is 0.315 e. The Bertz CT molecular complexity index is 291. The van der Waals surface area contributed by atoms with E-state index in [0.29, 0.717) is 23.8 Å². The van der Waals surface area contributed by atoms with Crippen molar-refractivity contribution in [1.29, 1.82) is 0 Å². The highest BCUT2D eigenvalue weighted by atomic mass is 16.3. The van der Waals surface area contributed by atoms with Crippen molar-refractivity contribution in [2.45, 2.75) is 44.2 Å². The number of nitrogens with one attached hydrogen (secondary N) is 2. The molecule has 4 heteroatoms. The summed E-state index contributed by atoms with van der Waals surface area (Å²) in [4.78, 5) is 11.7. The van der Waals surface area contributed by atoms with E-state index in [2.05, 4.69) is 10.6 Å². The second-order valence-electron chi connectivity index (χ2n) is 5.60. The molecule has 0 aliphatic heterocycles. The third-order valence-electron chi connectivity index (χ3n) is 4.51. The first-order valence-electron chi connectivity index (χ1n) is 6.46. The lowest BCUT2D eigenvalue weighted by Gasteiger charge is -2.30. The highest BCUT2D eigenvalue weighted by Crippen LogP contribution is 2.48. The molecule has 0 heterocycles. The van der Waals surface area contributed by atoms with Crippen LogP contribution in [0.2, 0.25) is 0 Å². The maximum Gasteiger partial charge on any atom is 0.315 e. The van der Waals surface area contributed by atoms with Crippen LogP contribution < -0.4 is 10.6 Å². The number of amides is 2. The fraction of sp³-hybridized carbons (Fsp3) is 0.917. The van der Waals surface area contributed by atoms with E-state index in [1.165, 1.54) is 19.3 Å². The van der Waals surface area contributed by atoms with Crippen LogP contribution in [-0.4, -0.2) is 29.8 Å². The summed E-state index contributed by atoms with van der Waals surface area (Å²) < 4.78 is 0. The molecule has 0 aromatic carbocycles. The van der Waals surface area contributed by atoms with Crippen molar-refractivity contribution in [3.63, 3.8) is 0 Å². The monoisotopic (exact) mass is 224 g/mol. The van der Waals surface area contributed by atoms with Crippen LogP contribution in [0.4, 0.5) is 4.79 Å². The highest BCUT2D eigenvalue weighted by molar-refractivity contribution is 5.75. The first-order chi connectivity index (χ1) is 7.78.